The van der Waals surface area contributed by atoms with E-state index in [0.717, 1.165) is 30.2 Å². The fourth-order valence-corrected chi connectivity index (χ4v) is 9.10. The molecule has 4 heterocycles. The summed E-state index contributed by atoms with van der Waals surface area (Å²) in [7, 11) is -4.74. The van der Waals surface area contributed by atoms with E-state index in [1.165, 1.54) is 29.3 Å². The van der Waals surface area contributed by atoms with Gasteiger partial charge in [0.25, 0.3) is 15.9 Å². The van der Waals surface area contributed by atoms with E-state index in [1.807, 2.05) is 29.0 Å². The largest absolute Gasteiger partial charge is 0.483 e. The van der Waals surface area contributed by atoms with Crippen LogP contribution in [0.2, 0.25) is 5.02 Å². The summed E-state index contributed by atoms with van der Waals surface area (Å²) in [6, 6.07) is 19.7. The average Bonchev–Trinajstić information content (AvgIpc) is 3.71. The van der Waals surface area contributed by atoms with Gasteiger partial charge in [-0.05, 0) is 79.1 Å². The summed E-state index contributed by atoms with van der Waals surface area (Å²) >= 11 is 6.20. The van der Waals surface area contributed by atoms with Crippen molar-refractivity contribution in [3.8, 4) is 17.2 Å². The highest BCUT2D eigenvalue weighted by molar-refractivity contribution is 7.90. The summed E-state index contributed by atoms with van der Waals surface area (Å²) < 4.78 is 82.8. The van der Waals surface area contributed by atoms with Crippen molar-refractivity contribution in [3.05, 3.63) is 123 Å². The number of rotatable bonds is 13. The van der Waals surface area contributed by atoms with Crippen LogP contribution in [0.4, 0.5) is 20.2 Å². The molecule has 0 atom stereocenters. The number of aromatic amines is 1. The second-order valence-corrected chi connectivity index (χ2v) is 18.7. The Bertz CT molecular complexity index is 2680. The number of fused-ring (bicyclic) bond motifs is 1. The van der Waals surface area contributed by atoms with Crippen molar-refractivity contribution in [1.82, 2.24) is 14.6 Å². The minimum atomic E-state index is -4.74. The number of carbonyl (C=O) groups is 1. The second-order valence-electron chi connectivity index (χ2n) is 16.6. The van der Waals surface area contributed by atoms with Gasteiger partial charge < -0.3 is 28.8 Å². The fourth-order valence-electron chi connectivity index (χ4n) is 7.99. The molecule has 2 fully saturated rings. The van der Waals surface area contributed by atoms with E-state index in [2.05, 4.69) is 28.6 Å². The highest BCUT2D eigenvalue weighted by atomic mass is 35.5. The monoisotopic (exact) mass is 905 g/mol. The predicted octanol–water partition coefficient (Wildman–Crippen LogP) is 8.45. The number of ether oxygens (including phenoxy) is 4. The van der Waals surface area contributed by atoms with Gasteiger partial charge in [-0.1, -0.05) is 23.7 Å². The van der Waals surface area contributed by atoms with Crippen LogP contribution in [0.3, 0.4) is 0 Å². The lowest BCUT2D eigenvalue weighted by molar-refractivity contribution is -0.386. The molecular formula is C45H46ClF2N5O9S. The average molecular weight is 906 g/mol. The lowest BCUT2D eigenvalue weighted by Crippen LogP contribution is -2.47. The molecule has 5 aromatic rings. The topological polar surface area (TPSA) is 166 Å². The van der Waals surface area contributed by atoms with E-state index in [1.54, 1.807) is 24.4 Å². The van der Waals surface area contributed by atoms with Crippen LogP contribution in [-0.2, 0) is 19.5 Å². The molecule has 0 saturated carbocycles. The van der Waals surface area contributed by atoms with Crippen molar-refractivity contribution in [2.75, 3.05) is 64.1 Å². The molecule has 2 N–H and O–H groups in total. The van der Waals surface area contributed by atoms with Crippen LogP contribution < -0.4 is 19.1 Å². The summed E-state index contributed by atoms with van der Waals surface area (Å²) in [5.41, 5.74) is 1.68. The van der Waals surface area contributed by atoms with Crippen molar-refractivity contribution in [1.29, 1.82) is 0 Å². The molecule has 14 nitrogen and oxygen atoms in total. The third kappa shape index (κ3) is 10.1. The maximum absolute atomic E-state index is 15.4. The van der Waals surface area contributed by atoms with Crippen LogP contribution in [-0.4, -0.2) is 99.6 Å². The van der Waals surface area contributed by atoms with Gasteiger partial charge in [-0.3, -0.25) is 19.8 Å². The van der Waals surface area contributed by atoms with E-state index in [9.17, 15) is 23.3 Å². The number of nitrogens with one attached hydrogen (secondary N) is 2. The van der Waals surface area contributed by atoms with E-state index in [4.69, 9.17) is 30.5 Å². The summed E-state index contributed by atoms with van der Waals surface area (Å²) in [4.78, 5) is 31.8. The maximum atomic E-state index is 15.4. The van der Waals surface area contributed by atoms with Crippen molar-refractivity contribution >= 4 is 55.4 Å². The maximum Gasteiger partial charge on any atom is 0.312 e. The lowest BCUT2D eigenvalue weighted by Gasteiger charge is -2.39. The third-order valence-corrected chi connectivity index (χ3v) is 13.2. The lowest BCUT2D eigenvalue weighted by atomic mass is 9.87. The normalized spacial score (nSPS) is 18.0. The van der Waals surface area contributed by atoms with Gasteiger partial charge in [-0.2, -0.15) is 0 Å². The van der Waals surface area contributed by atoms with Crippen molar-refractivity contribution in [2.24, 2.45) is 0 Å². The number of halogens is 3. The standard InChI is InChI=1S/C45H46ClF2N5O9S/c1-44(2)25-36(29-3-5-32(46)6-4-29)31(27-61-44)26-51-15-17-52(18-16-51)33-7-9-35(41(22-33)62-42-21-30-11-14-49-38(30)24-37(42)47)43(54)50-63(57,58)34-8-10-40(39(23-34)53(55)56)60-28-45(48)12-19-59-20-13-45/h3-11,14,21-24,49H,12-13,15-20,25-28H2,1-2H3,(H,50,54). The number of benzene rings is 4. The Kier molecular flexibility index (Phi) is 12.5. The first-order valence-electron chi connectivity index (χ1n) is 20.5. The van der Waals surface area contributed by atoms with Gasteiger partial charge in [0.2, 0.25) is 0 Å². The van der Waals surface area contributed by atoms with E-state index in [0.29, 0.717) is 60.9 Å². The molecule has 1 amide bonds. The Morgan fingerprint density at radius 2 is 1.71 bits per heavy atom. The fraction of sp³-hybridized carbons (Fsp3) is 0.356. The quantitative estimate of drug-likeness (QED) is 0.0860. The molecule has 0 unspecified atom stereocenters. The zero-order chi connectivity index (χ0) is 44.5. The van der Waals surface area contributed by atoms with Crippen LogP contribution in [0.15, 0.2) is 95.5 Å². The van der Waals surface area contributed by atoms with Crippen LogP contribution in [0, 0.1) is 15.9 Å². The van der Waals surface area contributed by atoms with Gasteiger partial charge in [0.05, 0.1) is 27.6 Å². The predicted molar refractivity (Wildman–Crippen MR) is 234 cm³/mol. The molecule has 18 heteroatoms. The Labute approximate surface area is 367 Å². The summed E-state index contributed by atoms with van der Waals surface area (Å²) in [6.07, 6.45) is 2.47. The second kappa shape index (κ2) is 17.9. The molecule has 3 aliphatic rings. The number of aromatic nitrogens is 1. The molecule has 4 aromatic carbocycles. The highest BCUT2D eigenvalue weighted by Crippen LogP contribution is 2.38. The number of nitrogens with zero attached hydrogens (tertiary/aromatic N) is 3. The first kappa shape index (κ1) is 44.0. The summed E-state index contributed by atoms with van der Waals surface area (Å²) in [5, 5.41) is 13.3. The van der Waals surface area contributed by atoms with Crippen LogP contribution >= 0.6 is 11.6 Å². The Balaban J connectivity index is 1.02. The van der Waals surface area contributed by atoms with Gasteiger partial charge in [-0.25, -0.2) is 21.9 Å². The molecule has 0 radical (unpaired) electrons. The number of carbonyl (C=O) groups excluding carboxylic acids is 1. The molecule has 332 valence electrons. The number of sulfonamides is 1. The van der Waals surface area contributed by atoms with Crippen LogP contribution in [0.5, 0.6) is 17.2 Å². The minimum Gasteiger partial charge on any atom is -0.483 e. The number of H-pyrrole nitrogens is 1. The van der Waals surface area contributed by atoms with Gasteiger partial charge >= 0.3 is 5.69 Å². The molecule has 0 aliphatic carbocycles. The highest BCUT2D eigenvalue weighted by Gasteiger charge is 2.35. The zero-order valence-corrected chi connectivity index (χ0v) is 36.2. The smallest absolute Gasteiger partial charge is 0.312 e. The number of hydrogen-bond acceptors (Lipinski definition) is 11. The first-order chi connectivity index (χ1) is 30.0. The molecule has 2 saturated heterocycles. The molecule has 8 rings (SSSR count). The van der Waals surface area contributed by atoms with Crippen molar-refractivity contribution in [3.63, 3.8) is 0 Å². The van der Waals surface area contributed by atoms with Crippen LogP contribution in [0.25, 0.3) is 16.5 Å². The third-order valence-electron chi connectivity index (χ3n) is 11.6. The Hall–Kier alpha value is -5.59. The molecular weight excluding hydrogens is 860 g/mol. The molecule has 3 aliphatic heterocycles. The summed E-state index contributed by atoms with van der Waals surface area (Å²) in [5.74, 6) is -2.52. The Morgan fingerprint density at radius 1 is 0.968 bits per heavy atom. The van der Waals surface area contributed by atoms with Crippen LogP contribution in [0.1, 0.15) is 49.0 Å². The first-order valence-corrected chi connectivity index (χ1v) is 22.3. The Morgan fingerprint density at radius 3 is 2.44 bits per heavy atom. The van der Waals surface area contributed by atoms with Gasteiger partial charge in [0.15, 0.2) is 17.3 Å². The minimum absolute atomic E-state index is 0.0384. The molecule has 0 spiro atoms. The SMILES string of the molecule is CC1(C)CC(c2ccc(Cl)cc2)=C(CN2CCN(c3ccc(C(=O)NS(=O)(=O)c4ccc(OCC5(F)CCOCC5)c([N+](=O)[O-])c4)c(Oc4cc5cc[nH]c5cc4F)c3)CC2)CO1. The number of nitro benzene ring substituents is 1. The van der Waals surface area contributed by atoms with E-state index in [-0.39, 0.29) is 54.5 Å². The number of hydrogen-bond donors (Lipinski definition) is 2. The number of amides is 1. The van der Waals surface area contributed by atoms with Gasteiger partial charge in [0, 0.05) is 111 Å². The zero-order valence-electron chi connectivity index (χ0n) is 34.6. The molecule has 63 heavy (non-hydrogen) atoms. The number of piperazine rings is 1. The number of nitro groups is 1. The van der Waals surface area contributed by atoms with Crippen molar-refractivity contribution < 1.29 is 45.9 Å². The van der Waals surface area contributed by atoms with Gasteiger partial charge in [0.1, 0.15) is 18.0 Å². The number of alkyl halides is 1. The number of anilines is 1. The molecule has 1 aromatic heterocycles. The van der Waals surface area contributed by atoms with Crippen molar-refractivity contribution in [2.45, 2.75) is 49.3 Å². The van der Waals surface area contributed by atoms with E-state index >= 15 is 8.78 Å². The molecule has 0 bridgehead atoms. The summed E-state index contributed by atoms with van der Waals surface area (Å²) in [6.45, 7) is 7.79. The van der Waals surface area contributed by atoms with Gasteiger partial charge in [-0.15, -0.1) is 0 Å². The van der Waals surface area contributed by atoms with E-state index < -0.39 is 49.5 Å².